The Bertz CT molecular complexity index is 2100. The summed E-state index contributed by atoms with van der Waals surface area (Å²) in [5, 5.41) is 0.0654. The molecule has 0 spiro atoms. The molecule has 5 heterocycles. The summed E-state index contributed by atoms with van der Waals surface area (Å²) in [7, 11) is 0. The van der Waals surface area contributed by atoms with Crippen molar-refractivity contribution in [1.29, 1.82) is 0 Å². The monoisotopic (exact) mass is 622 g/mol. The summed E-state index contributed by atoms with van der Waals surface area (Å²) in [5.74, 6) is -1.55. The summed E-state index contributed by atoms with van der Waals surface area (Å²) < 4.78 is 109. The first-order valence-electron chi connectivity index (χ1n) is 16.8. The quantitative estimate of drug-likeness (QED) is 0.186. The van der Waals surface area contributed by atoms with Crippen LogP contribution in [0.4, 0.5) is 29.1 Å². The van der Waals surface area contributed by atoms with Crippen LogP contribution in [-0.4, -0.2) is 76.5 Å². The number of hydrogen-bond acceptors (Lipinski definition) is 8. The second-order valence-corrected chi connectivity index (χ2v) is 11.9. The van der Waals surface area contributed by atoms with Crippen LogP contribution in [-0.2, 0) is 4.74 Å². The Hall–Kier alpha value is -4.21. The Morgan fingerprint density at radius 3 is 2.93 bits per heavy atom. The van der Waals surface area contributed by atoms with Crippen LogP contribution in [0.15, 0.2) is 24.4 Å². The van der Waals surface area contributed by atoms with Crippen molar-refractivity contribution in [3.63, 3.8) is 0 Å². The molecular formula is C33H30F4N6O2. The lowest BCUT2D eigenvalue weighted by molar-refractivity contribution is 0.107. The third-order valence-electron chi connectivity index (χ3n) is 9.11. The Labute approximate surface area is 262 Å². The van der Waals surface area contributed by atoms with Crippen molar-refractivity contribution in [2.75, 3.05) is 43.4 Å². The van der Waals surface area contributed by atoms with Crippen LogP contribution >= 0.6 is 0 Å². The molecule has 0 amide bonds. The van der Waals surface area contributed by atoms with Gasteiger partial charge < -0.3 is 20.1 Å². The van der Waals surface area contributed by atoms with Gasteiger partial charge in [-0.2, -0.15) is 9.97 Å². The molecule has 4 fully saturated rings. The molecule has 1 saturated carbocycles. The zero-order chi connectivity index (χ0) is 34.6. The second kappa shape index (κ2) is 10.4. The van der Waals surface area contributed by atoms with Gasteiger partial charge in [-0.25, -0.2) is 17.6 Å². The molecule has 2 N–H and O–H groups in total. The Morgan fingerprint density at radius 2 is 2.09 bits per heavy atom. The van der Waals surface area contributed by atoms with Crippen LogP contribution < -0.4 is 15.4 Å². The van der Waals surface area contributed by atoms with Gasteiger partial charge in [0.2, 0.25) is 0 Å². The number of halogens is 4. The molecule has 45 heavy (non-hydrogen) atoms. The molecule has 12 heteroatoms. The van der Waals surface area contributed by atoms with E-state index in [0.717, 1.165) is 6.07 Å². The van der Waals surface area contributed by atoms with Crippen LogP contribution in [0.3, 0.4) is 0 Å². The number of benzene rings is 2. The van der Waals surface area contributed by atoms with Crippen LogP contribution in [0, 0.1) is 29.8 Å². The van der Waals surface area contributed by atoms with Crippen LogP contribution in [0.2, 0.25) is 0 Å². The van der Waals surface area contributed by atoms with Gasteiger partial charge in [0.15, 0.2) is 17.5 Å². The van der Waals surface area contributed by atoms with Gasteiger partial charge in [0.1, 0.15) is 29.8 Å². The number of nitrogens with zero attached hydrogens (tertiary/aromatic N) is 5. The van der Waals surface area contributed by atoms with Crippen LogP contribution in [0.5, 0.6) is 6.01 Å². The first-order valence-corrected chi connectivity index (χ1v) is 14.8. The van der Waals surface area contributed by atoms with E-state index in [4.69, 9.17) is 27.1 Å². The smallest absolute Gasteiger partial charge is 0.319 e. The number of anilines is 2. The molecule has 4 aliphatic rings. The third kappa shape index (κ3) is 4.55. The van der Waals surface area contributed by atoms with Gasteiger partial charge >= 0.3 is 6.01 Å². The fourth-order valence-corrected chi connectivity index (χ4v) is 7.01. The van der Waals surface area contributed by atoms with Crippen molar-refractivity contribution in [3.05, 3.63) is 47.4 Å². The van der Waals surface area contributed by atoms with E-state index in [1.54, 1.807) is 4.90 Å². The minimum Gasteiger partial charge on any atom is -0.461 e. The van der Waals surface area contributed by atoms with Crippen molar-refractivity contribution in [3.8, 4) is 29.6 Å². The number of terminal acetylenes is 1. The largest absolute Gasteiger partial charge is 0.461 e. The first kappa shape index (κ1) is 24.1. The van der Waals surface area contributed by atoms with Gasteiger partial charge in [0.05, 0.1) is 31.4 Å². The number of pyridine rings is 1. The Morgan fingerprint density at radius 1 is 1.22 bits per heavy atom. The lowest BCUT2D eigenvalue weighted by atomic mass is 9.95. The fraction of sp³-hybridized carbons (Fsp3) is 0.424. The van der Waals surface area contributed by atoms with Crippen molar-refractivity contribution in [2.24, 2.45) is 0 Å². The predicted octanol–water partition coefficient (Wildman–Crippen LogP) is 5.15. The van der Waals surface area contributed by atoms with E-state index in [0.29, 0.717) is 25.8 Å². The molecule has 4 aromatic rings. The van der Waals surface area contributed by atoms with E-state index >= 15 is 4.39 Å². The molecule has 2 aromatic heterocycles. The van der Waals surface area contributed by atoms with E-state index in [1.807, 2.05) is 0 Å². The highest BCUT2D eigenvalue weighted by Gasteiger charge is 2.50. The normalized spacial score (nSPS) is 28.9. The molecular weight excluding hydrogens is 588 g/mol. The molecule has 8 nitrogen and oxygen atoms in total. The van der Waals surface area contributed by atoms with Crippen molar-refractivity contribution < 1.29 is 32.5 Å². The van der Waals surface area contributed by atoms with Gasteiger partial charge in [-0.15, -0.1) is 6.42 Å². The molecule has 4 atom stereocenters. The Balaban J connectivity index is 1.35. The van der Waals surface area contributed by atoms with Gasteiger partial charge in [0.25, 0.3) is 0 Å². The molecule has 0 bridgehead atoms. The number of alkyl halides is 1. The number of rotatable bonds is 5. The maximum absolute atomic E-state index is 17.0. The number of fused-ring (bicyclic) bond motifs is 4. The first-order chi connectivity index (χ1) is 23.2. The topological polar surface area (TPSA) is 89.6 Å². The summed E-state index contributed by atoms with van der Waals surface area (Å²) >= 11 is 0. The minimum atomic E-state index is -2.53. The van der Waals surface area contributed by atoms with Gasteiger partial charge in [-0.05, 0) is 55.8 Å². The average molecular weight is 623 g/mol. The van der Waals surface area contributed by atoms with E-state index in [1.165, 1.54) is 23.2 Å². The zero-order valence-electron chi connectivity index (χ0n) is 27.9. The van der Waals surface area contributed by atoms with Gasteiger partial charge in [-0.3, -0.25) is 9.88 Å². The maximum Gasteiger partial charge on any atom is 0.319 e. The molecule has 0 radical (unpaired) electrons. The lowest BCUT2D eigenvalue weighted by Crippen LogP contribution is -2.43. The highest BCUT2D eigenvalue weighted by Crippen LogP contribution is 2.43. The van der Waals surface area contributed by atoms with E-state index in [9.17, 15) is 13.2 Å². The van der Waals surface area contributed by atoms with E-state index < -0.39 is 65.4 Å². The number of aromatic nitrogens is 3. The number of nitrogen functional groups attached to an aromatic ring is 1. The molecule has 0 unspecified atom stereocenters. The number of ether oxygens (including phenoxy) is 2. The number of hydrogen-bond donors (Lipinski definition) is 1. The van der Waals surface area contributed by atoms with Crippen molar-refractivity contribution in [1.82, 2.24) is 19.9 Å². The summed E-state index contributed by atoms with van der Waals surface area (Å²) in [4.78, 5) is 16.2. The summed E-state index contributed by atoms with van der Waals surface area (Å²) in [6.07, 6.45) is 6.48. The summed E-state index contributed by atoms with van der Waals surface area (Å²) in [6, 6.07) is 2.51. The Kier molecular flexibility index (Phi) is 5.58. The van der Waals surface area contributed by atoms with E-state index in [-0.39, 0.29) is 71.0 Å². The maximum atomic E-state index is 17.0. The highest BCUT2D eigenvalue weighted by atomic mass is 19.2. The van der Waals surface area contributed by atoms with Crippen molar-refractivity contribution in [2.45, 2.75) is 56.0 Å². The zero-order valence-corrected chi connectivity index (χ0v) is 23.9. The molecule has 8 rings (SSSR count). The third-order valence-corrected chi connectivity index (χ3v) is 9.11. The predicted molar refractivity (Wildman–Crippen MR) is 161 cm³/mol. The molecule has 1 aliphatic carbocycles. The second-order valence-electron chi connectivity index (χ2n) is 11.9. The van der Waals surface area contributed by atoms with Gasteiger partial charge in [-0.1, -0.05) is 5.92 Å². The van der Waals surface area contributed by atoms with Crippen LogP contribution in [0.25, 0.3) is 32.9 Å². The molecule has 3 aliphatic heterocycles. The number of nitrogens with two attached hydrogens (primary N) is 1. The SMILES string of the molecule is [2H]C1([2H])CCO[C@H]2C[C@H]2N1c1nc(OC([2H])([2H])[C@@]23CCCN2C[C@H](F)C3)nc2c(F)c(-c3cc(N)cc4cc(F)c(F)c(C#C)c34)ncc12. The standard InChI is InChI=1S/C33H30F4N6O2/c1-2-20-26-17(10-23(35)27(20)36)9-19(38)11-21(26)29-28(37)30-22(14-39-29)31(43-7-4-8-44-25-12-24(25)43)41-32(40-30)45-16-33-5-3-6-42(33)15-18(34)13-33/h1,9-11,14,18,24-25H,3-8,12-13,15-16,38H2/t18-,24-,25+,33+/m1/s1/i7D2,16D2. The molecule has 3 saturated heterocycles. The van der Waals surface area contributed by atoms with E-state index in [2.05, 4.69) is 20.9 Å². The molecule has 232 valence electrons. The van der Waals surface area contributed by atoms with Crippen LogP contribution in [0.1, 0.15) is 43.2 Å². The summed E-state index contributed by atoms with van der Waals surface area (Å²) in [5.41, 5.74) is 3.56. The average Bonchev–Trinajstić information content (AvgIpc) is 3.54. The fourth-order valence-electron chi connectivity index (χ4n) is 7.01. The minimum absolute atomic E-state index is 0.0152. The lowest BCUT2D eigenvalue weighted by Gasteiger charge is -2.31. The molecule has 2 aromatic carbocycles. The highest BCUT2D eigenvalue weighted by molar-refractivity contribution is 6.03. The van der Waals surface area contributed by atoms with Crippen molar-refractivity contribution >= 4 is 33.2 Å². The van der Waals surface area contributed by atoms with Gasteiger partial charge in [0, 0.05) is 51.6 Å². The summed E-state index contributed by atoms with van der Waals surface area (Å²) in [6.45, 7) is -3.89.